The SMILES string of the molecule is CC1(c2ccccc2)Cc2ccccc2C1=C1CCN(CCO)CC1.CCc1ccc(C2(C)Cc3ccc(C)cc3C2=C2CCN(C)CC2)cc1.CCc1ccc(C2(C)Cc3ccccc3C2=C2CCN(C)CC2)cc1.Cc1ccc2c(c1)C(=C1CCN(C)CC1)C(C)(c1ccc(C(C)(C)C)cc1)C2.Cc1cccc(C2(C)Cc3ccccc3C2=C2CCN(C)CC2)c1. The molecule has 5 aliphatic heterocycles. The predicted molar refractivity (Wildman–Crippen MR) is 546 cm³/mol. The van der Waals surface area contributed by atoms with Gasteiger partial charge in [-0.1, -0.05) is 350 Å². The second kappa shape index (κ2) is 39.0. The van der Waals surface area contributed by atoms with Crippen molar-refractivity contribution in [1.82, 2.24) is 24.5 Å². The molecule has 5 saturated heterocycles. The lowest BCUT2D eigenvalue weighted by atomic mass is 9.72. The maximum Gasteiger partial charge on any atom is 0.0558 e. The number of benzene rings is 10. The van der Waals surface area contributed by atoms with Crippen LogP contribution in [0.1, 0.15) is 250 Å². The van der Waals surface area contributed by atoms with E-state index >= 15 is 0 Å². The summed E-state index contributed by atoms with van der Waals surface area (Å²) in [5, 5.41) is 9.20. The Bertz CT molecular complexity index is 5740. The fourth-order valence-electron chi connectivity index (χ4n) is 24.2. The molecule has 0 radical (unpaired) electrons. The van der Waals surface area contributed by atoms with E-state index in [1.807, 2.05) is 0 Å². The van der Waals surface area contributed by atoms with E-state index in [0.717, 1.165) is 77.4 Å². The number of nitrogens with zero attached hydrogens (tertiary/aromatic N) is 5. The first-order valence-corrected chi connectivity index (χ1v) is 49.2. The van der Waals surface area contributed by atoms with Gasteiger partial charge in [0.2, 0.25) is 0 Å². The van der Waals surface area contributed by atoms with Crippen molar-refractivity contribution in [2.75, 3.05) is 107 Å². The molecule has 10 aliphatic rings. The summed E-state index contributed by atoms with van der Waals surface area (Å²) < 4.78 is 0. The number of allylic oxidation sites excluding steroid dienone is 5. The van der Waals surface area contributed by atoms with Gasteiger partial charge in [0, 0.05) is 99.1 Å². The van der Waals surface area contributed by atoms with E-state index in [4.69, 9.17) is 0 Å². The Labute approximate surface area is 772 Å². The standard InChI is InChI=1S/C27H35N.C25H31N.C24H29N.C23H27NO.C23H27N/c1-19-7-8-21-18-27(5,23-11-9-22(10-12-23)26(2,3)4)25(24(21)17-19)20-13-15-28(6)16-14-20;1-5-19-7-10-22(11-8-19)25(3)17-21-9-6-18(2)16-23(21)24(25)20-12-14-26(4)15-13-20;1-4-18-9-11-21(12-10-18)24(2)17-20-7-5-6-8-22(20)23(24)19-13-15-25(3)16-14-19;1-23(20-8-3-2-4-9-20)17-19-7-5-6-10-21(19)22(23)18-11-13-24(14-12-18)15-16-25;1-17-7-6-9-20(15-17)23(2)16-19-8-4-5-10-21(19)22(23)18-11-13-24(3)14-12-18/h7-12,17H,13-16,18H2,1-6H3;6-11,16H,5,12-15,17H2,1-4H3;5-12H,4,13-17H2,1-3H3;2-10,25H,11-17H2,1H3;4-10,15H,11-14,16H2,1-3H3. The molecule has 128 heavy (non-hydrogen) atoms. The molecule has 0 saturated carbocycles. The van der Waals surface area contributed by atoms with Crippen LogP contribution in [0.2, 0.25) is 0 Å². The van der Waals surface area contributed by atoms with E-state index in [2.05, 4.69) is 379 Å². The van der Waals surface area contributed by atoms with E-state index in [-0.39, 0.29) is 39.1 Å². The van der Waals surface area contributed by atoms with Gasteiger partial charge >= 0.3 is 0 Å². The van der Waals surface area contributed by atoms with Gasteiger partial charge in [-0.05, 0) is 292 Å². The molecule has 6 heteroatoms. The number of likely N-dealkylation sites (tertiary alicyclic amines) is 5. The fraction of sp³-hybridized carbons (Fsp3) is 0.426. The van der Waals surface area contributed by atoms with Gasteiger partial charge in [0.15, 0.2) is 0 Å². The highest BCUT2D eigenvalue weighted by Crippen LogP contribution is 2.57. The van der Waals surface area contributed by atoms with Crippen molar-refractivity contribution in [3.05, 3.63) is 381 Å². The molecule has 0 amide bonds. The summed E-state index contributed by atoms with van der Waals surface area (Å²) >= 11 is 0. The van der Waals surface area contributed by atoms with Crippen LogP contribution in [0.5, 0.6) is 0 Å². The van der Waals surface area contributed by atoms with Crippen molar-refractivity contribution >= 4 is 27.9 Å². The Balaban J connectivity index is 0.000000118. The minimum atomic E-state index is 0.0689. The minimum absolute atomic E-state index is 0.0689. The van der Waals surface area contributed by atoms with E-state index in [1.54, 1.807) is 55.7 Å². The summed E-state index contributed by atoms with van der Waals surface area (Å²) in [6.07, 6.45) is 19.7. The number of hydrogen-bond acceptors (Lipinski definition) is 6. The molecule has 6 nitrogen and oxygen atoms in total. The largest absolute Gasteiger partial charge is 0.395 e. The third-order valence-electron chi connectivity index (χ3n) is 31.9. The molecule has 0 bridgehead atoms. The Morgan fingerprint density at radius 3 is 0.875 bits per heavy atom. The second-order valence-electron chi connectivity index (χ2n) is 42.2. The summed E-state index contributed by atoms with van der Waals surface area (Å²) in [6.45, 7) is 43.0. The molecule has 668 valence electrons. The summed E-state index contributed by atoms with van der Waals surface area (Å²) in [7, 11) is 8.98. The average molecular weight is 1700 g/mol. The summed E-state index contributed by atoms with van der Waals surface area (Å²) in [6, 6.07) is 89.7. The zero-order valence-corrected chi connectivity index (χ0v) is 81.2. The van der Waals surface area contributed by atoms with Crippen molar-refractivity contribution in [3.63, 3.8) is 0 Å². The first-order chi connectivity index (χ1) is 61.6. The number of fused-ring (bicyclic) bond motifs is 5. The topological polar surface area (TPSA) is 36.4 Å². The maximum absolute atomic E-state index is 9.20. The molecule has 10 aromatic rings. The predicted octanol–water partition coefficient (Wildman–Crippen LogP) is 26.1. The molecule has 5 atom stereocenters. The van der Waals surface area contributed by atoms with Crippen LogP contribution in [0.3, 0.4) is 0 Å². The highest BCUT2D eigenvalue weighted by molar-refractivity contribution is 5.89. The molecule has 5 fully saturated rings. The van der Waals surface area contributed by atoms with Crippen LogP contribution < -0.4 is 0 Å². The van der Waals surface area contributed by atoms with Crippen molar-refractivity contribution in [2.24, 2.45) is 0 Å². The van der Waals surface area contributed by atoms with Gasteiger partial charge in [0.05, 0.1) is 6.61 Å². The lowest BCUT2D eigenvalue weighted by Gasteiger charge is -2.34. The normalized spacial score (nSPS) is 23.7. The third kappa shape index (κ3) is 19.1. The molecular weight excluding hydrogens is 1550 g/mol. The molecule has 5 heterocycles. The van der Waals surface area contributed by atoms with Crippen LogP contribution in [-0.2, 0) is 77.4 Å². The number of aliphatic hydroxyl groups is 1. The number of β-amino-alcohol motifs (C(OH)–C–C–N with tert-alkyl or cyclic N) is 1. The van der Waals surface area contributed by atoms with Crippen LogP contribution in [0.25, 0.3) is 27.9 Å². The average Bonchev–Trinajstić information content (AvgIpc) is 1.62. The first-order valence-electron chi connectivity index (χ1n) is 49.2. The van der Waals surface area contributed by atoms with Crippen molar-refractivity contribution in [3.8, 4) is 0 Å². The molecule has 10 aromatic carbocycles. The minimum Gasteiger partial charge on any atom is -0.395 e. The van der Waals surface area contributed by atoms with Crippen molar-refractivity contribution in [2.45, 2.75) is 232 Å². The lowest BCUT2D eigenvalue weighted by Crippen LogP contribution is -2.34. The zero-order chi connectivity index (χ0) is 89.9. The summed E-state index contributed by atoms with van der Waals surface area (Å²) in [5.41, 5.74) is 47.9. The van der Waals surface area contributed by atoms with Gasteiger partial charge in [-0.15, -0.1) is 0 Å². The summed E-state index contributed by atoms with van der Waals surface area (Å²) in [4.78, 5) is 12.2. The van der Waals surface area contributed by atoms with Crippen LogP contribution in [0.4, 0.5) is 0 Å². The monoisotopic (exact) mass is 1700 g/mol. The van der Waals surface area contributed by atoms with Gasteiger partial charge in [0.25, 0.3) is 0 Å². The molecule has 1 N–H and O–H groups in total. The smallest absolute Gasteiger partial charge is 0.0558 e. The number of rotatable bonds is 9. The van der Waals surface area contributed by atoms with Crippen LogP contribution in [0.15, 0.2) is 264 Å². The van der Waals surface area contributed by atoms with E-state index in [9.17, 15) is 5.11 Å². The highest BCUT2D eigenvalue weighted by atomic mass is 16.3. The van der Waals surface area contributed by atoms with Gasteiger partial charge < -0.3 is 29.6 Å². The Morgan fingerprint density at radius 1 is 0.281 bits per heavy atom. The van der Waals surface area contributed by atoms with E-state index < -0.39 is 0 Å². The van der Waals surface area contributed by atoms with Gasteiger partial charge in [-0.2, -0.15) is 0 Å². The molecule has 5 aliphatic carbocycles. The lowest BCUT2D eigenvalue weighted by molar-refractivity contribution is 0.187. The highest BCUT2D eigenvalue weighted by Gasteiger charge is 2.47. The molecule has 20 rings (SSSR count). The van der Waals surface area contributed by atoms with Crippen LogP contribution >= 0.6 is 0 Å². The van der Waals surface area contributed by atoms with E-state index in [1.165, 1.54) is 221 Å². The quantitative estimate of drug-likeness (QED) is 0.155. The number of piperidine rings is 5. The molecular formula is C122H149N5O. The van der Waals surface area contributed by atoms with Gasteiger partial charge in [0.1, 0.15) is 0 Å². The molecule has 5 unspecified atom stereocenters. The van der Waals surface area contributed by atoms with Crippen LogP contribution in [-0.4, -0.2) is 136 Å². The zero-order valence-electron chi connectivity index (χ0n) is 81.2. The van der Waals surface area contributed by atoms with Crippen molar-refractivity contribution < 1.29 is 5.11 Å². The van der Waals surface area contributed by atoms with Crippen LogP contribution in [0, 0.1) is 20.8 Å². The summed E-state index contributed by atoms with van der Waals surface area (Å²) in [5.74, 6) is 0. The Kier molecular flexibility index (Phi) is 28.0. The fourth-order valence-corrected chi connectivity index (χ4v) is 24.2. The second-order valence-corrected chi connectivity index (χ2v) is 42.2. The van der Waals surface area contributed by atoms with E-state index in [0.29, 0.717) is 0 Å². The molecule has 0 spiro atoms. The molecule has 0 aromatic heterocycles. The Hall–Kier alpha value is -9.34. The van der Waals surface area contributed by atoms with Crippen molar-refractivity contribution in [1.29, 1.82) is 0 Å². The first kappa shape index (κ1) is 92.0. The number of hydrogen-bond donors (Lipinski definition) is 1. The maximum atomic E-state index is 9.20. The number of aryl methyl sites for hydroxylation is 5. The van der Waals surface area contributed by atoms with Gasteiger partial charge in [-0.25, -0.2) is 0 Å². The number of aliphatic hydroxyl groups excluding tert-OH is 1. The third-order valence-corrected chi connectivity index (χ3v) is 31.9. The Morgan fingerprint density at radius 2 is 0.555 bits per heavy atom. The van der Waals surface area contributed by atoms with Gasteiger partial charge in [-0.3, -0.25) is 0 Å².